The number of rotatable bonds is 0. The molecule has 0 saturated carbocycles. The molecule has 0 radical (unpaired) electrons. The van der Waals surface area contributed by atoms with E-state index in [4.69, 9.17) is 0 Å². The zero-order valence-corrected chi connectivity index (χ0v) is 7.64. The topological polar surface area (TPSA) is 52.3 Å². The van der Waals surface area contributed by atoms with Crippen molar-refractivity contribution >= 4 is 5.97 Å². The average molecular weight is 187 g/mol. The molecule has 0 aliphatic heterocycles. The Morgan fingerprint density at radius 2 is 2.00 bits per heavy atom. The summed E-state index contributed by atoms with van der Waals surface area (Å²) in [7, 11) is 0. The largest absolute Gasteiger partial charge is 0.374 e. The quantitative estimate of drug-likeness (QED) is 0.408. The Morgan fingerprint density at radius 3 is 2.00 bits per heavy atom. The first-order valence-corrected chi connectivity index (χ1v) is 1.14. The van der Waals surface area contributed by atoms with Crippen LogP contribution in [0.5, 0.6) is 0 Å². The van der Waals surface area contributed by atoms with Crippen LogP contribution in [0.2, 0.25) is 0 Å². The summed E-state index contributed by atoms with van der Waals surface area (Å²) in [5.74, 6) is 3.85. The van der Waals surface area contributed by atoms with Crippen LogP contribution in [0.4, 0.5) is 0 Å². The van der Waals surface area contributed by atoms with Gasteiger partial charge in [-0.25, -0.2) is 0 Å². The third kappa shape index (κ3) is 8.84. The maximum absolute atomic E-state index is 9.47. The van der Waals surface area contributed by atoms with E-state index in [1.807, 2.05) is 0 Å². The predicted molar refractivity (Wildman–Crippen MR) is 16.0 cm³/mol. The molecule has 0 spiro atoms. The summed E-state index contributed by atoms with van der Waals surface area (Å²) >= 11 is 0. The third-order valence-electron chi connectivity index (χ3n) is 0.166. The Bertz CT molecular complexity index is 46.8. The molecule has 0 amide bonds. The van der Waals surface area contributed by atoms with E-state index in [0.29, 0.717) is 0 Å². The normalized spacial score (nSPS) is 5.67. The monoisotopic (exact) mass is 189 g/mol. The summed E-state index contributed by atoms with van der Waals surface area (Å²) < 4.78 is 0. The van der Waals surface area contributed by atoms with Crippen molar-refractivity contribution in [2.45, 2.75) is 6.92 Å². The van der Waals surface area contributed by atoms with Gasteiger partial charge in [0.25, 0.3) is 0 Å². The second kappa shape index (κ2) is 5.35. The van der Waals surface area contributed by atoms with Gasteiger partial charge in [-0.2, -0.15) is 5.90 Å². The van der Waals surface area contributed by atoms with Crippen molar-refractivity contribution in [3.63, 3.8) is 0 Å². The van der Waals surface area contributed by atoms with Gasteiger partial charge in [-0.3, -0.25) is 4.79 Å². The van der Waals surface area contributed by atoms with E-state index in [0.717, 1.165) is 0 Å². The zero-order valence-electron chi connectivity index (χ0n) is 3.60. The third-order valence-corrected chi connectivity index (χ3v) is 0.166. The molecule has 0 aliphatic rings. The first kappa shape index (κ1) is 9.61. The molecule has 0 aromatic heterocycles. The first-order valence-electron chi connectivity index (χ1n) is 1.14. The van der Waals surface area contributed by atoms with Gasteiger partial charge in [0, 0.05) is 34.2 Å². The van der Waals surface area contributed by atoms with Gasteiger partial charge in [0.2, 0.25) is 0 Å². The Morgan fingerprint density at radius 1 is 1.83 bits per heavy atom. The molecule has 0 aliphatic carbocycles. The fraction of sp³-hybridized carbons (Fsp3) is 0.500. The van der Waals surface area contributed by atoms with Gasteiger partial charge in [-0.1, -0.05) is 0 Å². The number of nitrogens with two attached hydrogens (primary N) is 1. The molecule has 6 heavy (non-hydrogen) atoms. The van der Waals surface area contributed by atoms with Gasteiger partial charge in [0.1, 0.15) is 0 Å². The molecule has 4 heteroatoms. The van der Waals surface area contributed by atoms with Crippen LogP contribution in [0.15, 0.2) is 0 Å². The molecule has 0 heterocycles. The van der Waals surface area contributed by atoms with Crippen molar-refractivity contribution in [1.29, 1.82) is 0 Å². The van der Waals surface area contributed by atoms with Crippen LogP contribution in [0.25, 0.3) is 0 Å². The fourth-order valence-corrected chi connectivity index (χ4v) is 0. The van der Waals surface area contributed by atoms with Gasteiger partial charge in [-0.15, -0.1) is 0 Å². The van der Waals surface area contributed by atoms with Gasteiger partial charge >= 0.3 is 5.97 Å². The maximum atomic E-state index is 9.47. The summed E-state index contributed by atoms with van der Waals surface area (Å²) in [6, 6.07) is 0. The molecule has 0 rings (SSSR count). The minimum Gasteiger partial charge on any atom is -0.374 e. The summed E-state index contributed by atoms with van der Waals surface area (Å²) in [4.78, 5) is 13.1. The molecule has 0 aromatic carbocycles. The van der Waals surface area contributed by atoms with Gasteiger partial charge in [0.05, 0.1) is 0 Å². The Hall–Kier alpha value is 0.352. The molecular formula is C2H5CdNO2. The maximum Gasteiger partial charge on any atom is 0.321 e. The molecule has 0 aromatic rings. The molecule has 0 bridgehead atoms. The molecule has 0 unspecified atom stereocenters. The van der Waals surface area contributed by atoms with Crippen molar-refractivity contribution in [3.8, 4) is 0 Å². The van der Waals surface area contributed by atoms with Gasteiger partial charge in [-0.05, 0) is 0 Å². The van der Waals surface area contributed by atoms with E-state index in [1.54, 1.807) is 0 Å². The molecule has 0 fully saturated rings. The van der Waals surface area contributed by atoms with Crippen molar-refractivity contribution in [2.24, 2.45) is 5.90 Å². The Kier molecular flexibility index (Phi) is 8.57. The molecule has 0 saturated heterocycles. The second-order valence-electron chi connectivity index (χ2n) is 0.609. The molecule has 2 N–H and O–H groups in total. The van der Waals surface area contributed by atoms with Crippen LogP contribution in [-0.4, -0.2) is 5.97 Å². The smallest absolute Gasteiger partial charge is 0.321 e. The van der Waals surface area contributed by atoms with E-state index in [9.17, 15) is 4.79 Å². The van der Waals surface area contributed by atoms with Crippen LogP contribution in [0.1, 0.15) is 6.92 Å². The number of carbonyl (C=O) groups is 1. The number of hydrogen-bond acceptors (Lipinski definition) is 3. The number of hydrogen-bond donors (Lipinski definition) is 1. The van der Waals surface area contributed by atoms with Crippen molar-refractivity contribution in [3.05, 3.63) is 0 Å². The van der Waals surface area contributed by atoms with Crippen molar-refractivity contribution in [2.75, 3.05) is 0 Å². The Balaban J connectivity index is 0. The summed E-state index contributed by atoms with van der Waals surface area (Å²) in [5, 5.41) is 0. The van der Waals surface area contributed by atoms with Crippen LogP contribution in [0, 0.1) is 0 Å². The fourth-order valence-electron chi connectivity index (χ4n) is 0. The first-order chi connectivity index (χ1) is 2.27. The van der Waals surface area contributed by atoms with E-state index in [-0.39, 0.29) is 27.3 Å². The second-order valence-corrected chi connectivity index (χ2v) is 0.609. The SMILES string of the molecule is CC(=O)ON.[Cd]. The van der Waals surface area contributed by atoms with Crippen LogP contribution >= 0.6 is 0 Å². The van der Waals surface area contributed by atoms with Gasteiger partial charge < -0.3 is 4.84 Å². The molecular weight excluding hydrogens is 182 g/mol. The minimum atomic E-state index is -0.468. The van der Waals surface area contributed by atoms with E-state index < -0.39 is 5.97 Å². The summed E-state index contributed by atoms with van der Waals surface area (Å²) in [5.41, 5.74) is 0. The van der Waals surface area contributed by atoms with Crippen LogP contribution < -0.4 is 5.90 Å². The molecule has 0 atom stereocenters. The zero-order chi connectivity index (χ0) is 4.28. The van der Waals surface area contributed by atoms with E-state index in [1.165, 1.54) is 6.92 Å². The van der Waals surface area contributed by atoms with Crippen molar-refractivity contribution < 1.29 is 36.9 Å². The molecule has 32 valence electrons. The van der Waals surface area contributed by atoms with Crippen LogP contribution in [0.3, 0.4) is 0 Å². The predicted octanol–water partition coefficient (Wildman–Crippen LogP) is -0.579. The van der Waals surface area contributed by atoms with Crippen molar-refractivity contribution in [1.82, 2.24) is 0 Å². The average Bonchev–Trinajstić information content (AvgIpc) is 1.38. The minimum absolute atomic E-state index is 0. The van der Waals surface area contributed by atoms with E-state index >= 15 is 0 Å². The summed E-state index contributed by atoms with van der Waals surface area (Å²) in [6.45, 7) is 1.24. The summed E-state index contributed by atoms with van der Waals surface area (Å²) in [6.07, 6.45) is 0. The molecule has 3 nitrogen and oxygen atoms in total. The Labute approximate surface area is 56.0 Å². The van der Waals surface area contributed by atoms with Crippen LogP contribution in [-0.2, 0) is 36.9 Å². The standard InChI is InChI=1S/C2H5NO2.Cd/c1-2(4)5-3;/h3H2,1H3;. The number of carbonyl (C=O) groups excluding carboxylic acids is 1. The van der Waals surface area contributed by atoms with Gasteiger partial charge in [0.15, 0.2) is 0 Å². The van der Waals surface area contributed by atoms with E-state index in [2.05, 4.69) is 10.7 Å².